The number of rotatable bonds is 1. The van der Waals surface area contributed by atoms with Crippen LogP contribution in [-0.4, -0.2) is 22.5 Å². The normalized spacial score (nSPS) is 29.2. The number of likely N-dealkylation sites (tertiary alicyclic amines) is 1. The van der Waals surface area contributed by atoms with Crippen molar-refractivity contribution >= 4 is 0 Å². The summed E-state index contributed by atoms with van der Waals surface area (Å²) >= 11 is 0. The predicted octanol–water partition coefficient (Wildman–Crippen LogP) is 2.66. The van der Waals surface area contributed by atoms with Crippen LogP contribution in [-0.2, 0) is 0 Å². The second-order valence-electron chi connectivity index (χ2n) is 4.87. The monoisotopic (exact) mass is 155 g/mol. The lowest BCUT2D eigenvalue weighted by Gasteiger charge is -2.39. The van der Waals surface area contributed by atoms with Crippen LogP contribution in [0.3, 0.4) is 0 Å². The Hall–Kier alpha value is -0.0400. The van der Waals surface area contributed by atoms with Gasteiger partial charge in [0.2, 0.25) is 0 Å². The molecule has 0 aromatic carbocycles. The third-order valence-electron chi connectivity index (χ3n) is 3.13. The average Bonchev–Trinajstić information content (AvgIpc) is 2.03. The first-order valence-corrected chi connectivity index (χ1v) is 4.68. The van der Waals surface area contributed by atoms with E-state index < -0.39 is 0 Å². The highest BCUT2D eigenvalue weighted by atomic mass is 15.3. The first-order valence-electron chi connectivity index (χ1n) is 4.68. The summed E-state index contributed by atoms with van der Waals surface area (Å²) in [6, 6.07) is 0. The van der Waals surface area contributed by atoms with Gasteiger partial charge in [-0.05, 0) is 47.1 Å². The molecule has 0 aromatic rings. The van der Waals surface area contributed by atoms with Gasteiger partial charge in [0.05, 0.1) is 0 Å². The molecule has 1 heterocycles. The van der Waals surface area contributed by atoms with Gasteiger partial charge in [0.15, 0.2) is 0 Å². The quantitative estimate of drug-likeness (QED) is 0.562. The summed E-state index contributed by atoms with van der Waals surface area (Å²) in [5.74, 6) is 0. The zero-order chi connectivity index (χ0) is 8.70. The van der Waals surface area contributed by atoms with Crippen LogP contribution in [0.15, 0.2) is 0 Å². The van der Waals surface area contributed by atoms with Crippen molar-refractivity contribution in [3.63, 3.8) is 0 Å². The molecule has 0 atom stereocenters. The number of hydrogen-bond acceptors (Lipinski definition) is 1. The van der Waals surface area contributed by atoms with Crippen LogP contribution in [0.5, 0.6) is 0 Å². The first-order chi connectivity index (χ1) is 4.90. The molecule has 1 aliphatic rings. The van der Waals surface area contributed by atoms with Crippen LogP contribution in [0.1, 0.15) is 47.5 Å². The summed E-state index contributed by atoms with van der Waals surface area (Å²) in [4.78, 5) is 2.61. The molecule has 0 unspecified atom stereocenters. The van der Waals surface area contributed by atoms with Crippen LogP contribution in [0, 0.1) is 0 Å². The molecule has 0 N–H and O–H groups in total. The SMILES string of the molecule is CCN1C(C)(C)CCC1(C)C. The molecular formula is C10H21N. The molecule has 1 saturated heterocycles. The molecule has 1 rings (SSSR count). The highest BCUT2D eigenvalue weighted by Gasteiger charge is 2.42. The van der Waals surface area contributed by atoms with Gasteiger partial charge in [0, 0.05) is 11.1 Å². The number of hydrogen-bond donors (Lipinski definition) is 0. The van der Waals surface area contributed by atoms with Crippen molar-refractivity contribution in [2.45, 2.75) is 58.5 Å². The largest absolute Gasteiger partial charge is 0.293 e. The highest BCUT2D eigenvalue weighted by Crippen LogP contribution is 2.39. The van der Waals surface area contributed by atoms with Crippen LogP contribution in [0.4, 0.5) is 0 Å². The van der Waals surface area contributed by atoms with E-state index in [-0.39, 0.29) is 0 Å². The Kier molecular flexibility index (Phi) is 2.04. The maximum absolute atomic E-state index is 2.61. The molecule has 0 saturated carbocycles. The van der Waals surface area contributed by atoms with Crippen LogP contribution < -0.4 is 0 Å². The summed E-state index contributed by atoms with van der Waals surface area (Å²) in [6.07, 6.45) is 2.68. The number of nitrogens with zero attached hydrogens (tertiary/aromatic N) is 1. The van der Waals surface area contributed by atoms with E-state index >= 15 is 0 Å². The van der Waals surface area contributed by atoms with Gasteiger partial charge in [0.1, 0.15) is 0 Å². The Labute approximate surface area is 70.8 Å². The fourth-order valence-corrected chi connectivity index (χ4v) is 2.56. The third kappa shape index (κ3) is 1.44. The Morgan fingerprint density at radius 3 is 1.55 bits per heavy atom. The van der Waals surface area contributed by atoms with E-state index in [0.717, 1.165) is 0 Å². The van der Waals surface area contributed by atoms with Crippen molar-refractivity contribution in [2.75, 3.05) is 6.54 Å². The molecule has 1 nitrogen and oxygen atoms in total. The van der Waals surface area contributed by atoms with E-state index in [4.69, 9.17) is 0 Å². The molecule has 0 aliphatic carbocycles. The lowest BCUT2D eigenvalue weighted by molar-refractivity contribution is 0.0866. The minimum absolute atomic E-state index is 0.429. The van der Waals surface area contributed by atoms with Crippen molar-refractivity contribution < 1.29 is 0 Å². The molecule has 0 amide bonds. The van der Waals surface area contributed by atoms with Gasteiger partial charge in [-0.25, -0.2) is 0 Å². The average molecular weight is 155 g/mol. The van der Waals surface area contributed by atoms with Crippen molar-refractivity contribution in [3.8, 4) is 0 Å². The topological polar surface area (TPSA) is 3.24 Å². The van der Waals surface area contributed by atoms with Crippen LogP contribution in [0.2, 0.25) is 0 Å². The zero-order valence-electron chi connectivity index (χ0n) is 8.57. The van der Waals surface area contributed by atoms with Crippen molar-refractivity contribution in [2.24, 2.45) is 0 Å². The molecule has 1 fully saturated rings. The van der Waals surface area contributed by atoms with E-state index in [1.165, 1.54) is 19.4 Å². The van der Waals surface area contributed by atoms with Gasteiger partial charge in [-0.15, -0.1) is 0 Å². The lowest BCUT2D eigenvalue weighted by atomic mass is 10.0. The first kappa shape index (κ1) is 9.05. The minimum Gasteiger partial charge on any atom is -0.293 e. The van der Waals surface area contributed by atoms with Gasteiger partial charge < -0.3 is 0 Å². The Morgan fingerprint density at radius 1 is 1.00 bits per heavy atom. The molecular weight excluding hydrogens is 134 g/mol. The van der Waals surface area contributed by atoms with E-state index in [0.29, 0.717) is 11.1 Å². The van der Waals surface area contributed by atoms with Crippen LogP contribution >= 0.6 is 0 Å². The molecule has 0 aromatic heterocycles. The fraction of sp³-hybridized carbons (Fsp3) is 1.00. The van der Waals surface area contributed by atoms with Gasteiger partial charge in [-0.2, -0.15) is 0 Å². The van der Waals surface area contributed by atoms with Gasteiger partial charge >= 0.3 is 0 Å². The summed E-state index contributed by atoms with van der Waals surface area (Å²) in [5, 5.41) is 0. The molecule has 66 valence electrons. The molecule has 1 aliphatic heterocycles. The van der Waals surface area contributed by atoms with Gasteiger partial charge in [-0.1, -0.05) is 6.92 Å². The summed E-state index contributed by atoms with van der Waals surface area (Å²) in [7, 11) is 0. The van der Waals surface area contributed by atoms with E-state index in [9.17, 15) is 0 Å². The molecule has 0 radical (unpaired) electrons. The zero-order valence-corrected chi connectivity index (χ0v) is 8.57. The molecule has 0 spiro atoms. The fourth-order valence-electron chi connectivity index (χ4n) is 2.56. The lowest BCUT2D eigenvalue weighted by Crippen LogP contribution is -2.47. The van der Waals surface area contributed by atoms with E-state index in [2.05, 4.69) is 39.5 Å². The second kappa shape index (κ2) is 2.48. The smallest absolute Gasteiger partial charge is 0.0159 e. The van der Waals surface area contributed by atoms with Crippen molar-refractivity contribution in [3.05, 3.63) is 0 Å². The Bertz CT molecular complexity index is 131. The Morgan fingerprint density at radius 2 is 1.36 bits per heavy atom. The van der Waals surface area contributed by atoms with E-state index in [1.54, 1.807) is 0 Å². The summed E-state index contributed by atoms with van der Waals surface area (Å²) in [6.45, 7) is 12.8. The minimum atomic E-state index is 0.429. The molecule has 0 bridgehead atoms. The molecule has 1 heteroatoms. The summed E-state index contributed by atoms with van der Waals surface area (Å²) in [5.41, 5.74) is 0.858. The Balaban J connectivity index is 2.80. The van der Waals surface area contributed by atoms with Crippen LogP contribution in [0.25, 0.3) is 0 Å². The van der Waals surface area contributed by atoms with Gasteiger partial charge in [-0.3, -0.25) is 4.90 Å². The standard InChI is InChI=1S/C10H21N/c1-6-11-9(2,3)7-8-10(11,4)5/h6-8H2,1-5H3. The van der Waals surface area contributed by atoms with Crippen molar-refractivity contribution in [1.29, 1.82) is 0 Å². The summed E-state index contributed by atoms with van der Waals surface area (Å²) < 4.78 is 0. The predicted molar refractivity (Wildman–Crippen MR) is 49.8 cm³/mol. The maximum atomic E-state index is 2.61. The van der Waals surface area contributed by atoms with E-state index in [1.807, 2.05) is 0 Å². The second-order valence-corrected chi connectivity index (χ2v) is 4.87. The highest BCUT2D eigenvalue weighted by molar-refractivity contribution is 4.99. The molecule has 11 heavy (non-hydrogen) atoms. The third-order valence-corrected chi connectivity index (χ3v) is 3.13. The van der Waals surface area contributed by atoms with Crippen molar-refractivity contribution in [1.82, 2.24) is 4.90 Å². The van der Waals surface area contributed by atoms with Gasteiger partial charge in [0.25, 0.3) is 0 Å². The maximum Gasteiger partial charge on any atom is 0.0159 e.